The SMILES string of the molecule is NC(CF)Cc1ccccc1Br. The summed E-state index contributed by atoms with van der Waals surface area (Å²) in [5.41, 5.74) is 6.54. The topological polar surface area (TPSA) is 26.0 Å². The zero-order chi connectivity index (χ0) is 8.97. The molecule has 0 saturated heterocycles. The first-order chi connectivity index (χ1) is 5.74. The van der Waals surface area contributed by atoms with Gasteiger partial charge in [-0.05, 0) is 18.1 Å². The molecule has 3 heteroatoms. The second-order valence-corrected chi connectivity index (χ2v) is 3.56. The monoisotopic (exact) mass is 231 g/mol. The maximum atomic E-state index is 12.1. The highest BCUT2D eigenvalue weighted by molar-refractivity contribution is 9.10. The van der Waals surface area contributed by atoms with Crippen molar-refractivity contribution in [3.63, 3.8) is 0 Å². The lowest BCUT2D eigenvalue weighted by Gasteiger charge is -2.07. The Hall–Kier alpha value is -0.410. The fraction of sp³-hybridized carbons (Fsp3) is 0.333. The molecular formula is C9H11BrFN. The van der Waals surface area contributed by atoms with Crippen molar-refractivity contribution in [1.29, 1.82) is 0 Å². The van der Waals surface area contributed by atoms with E-state index < -0.39 is 6.67 Å². The molecule has 0 aliphatic rings. The number of nitrogens with two attached hydrogens (primary N) is 1. The Morgan fingerprint density at radius 3 is 2.67 bits per heavy atom. The smallest absolute Gasteiger partial charge is 0.105 e. The van der Waals surface area contributed by atoms with Gasteiger partial charge in [-0.3, -0.25) is 0 Å². The van der Waals surface area contributed by atoms with E-state index in [9.17, 15) is 4.39 Å². The van der Waals surface area contributed by atoms with Gasteiger partial charge in [0.05, 0.1) is 0 Å². The van der Waals surface area contributed by atoms with Crippen LogP contribution in [0.3, 0.4) is 0 Å². The van der Waals surface area contributed by atoms with E-state index in [1.165, 1.54) is 0 Å². The molecule has 0 fully saturated rings. The van der Waals surface area contributed by atoms with Gasteiger partial charge in [0.15, 0.2) is 0 Å². The molecule has 12 heavy (non-hydrogen) atoms. The molecule has 0 bridgehead atoms. The van der Waals surface area contributed by atoms with Gasteiger partial charge in [0.1, 0.15) is 6.67 Å². The predicted molar refractivity (Wildman–Crippen MR) is 51.8 cm³/mol. The van der Waals surface area contributed by atoms with Gasteiger partial charge in [-0.2, -0.15) is 0 Å². The first-order valence-electron chi connectivity index (χ1n) is 3.79. The lowest BCUT2D eigenvalue weighted by molar-refractivity contribution is 0.426. The van der Waals surface area contributed by atoms with E-state index in [1.54, 1.807) is 0 Å². The molecule has 0 amide bonds. The third-order valence-electron chi connectivity index (χ3n) is 1.64. The Kier molecular flexibility index (Phi) is 3.69. The summed E-state index contributed by atoms with van der Waals surface area (Å²) in [5, 5.41) is 0. The summed E-state index contributed by atoms with van der Waals surface area (Å²) in [4.78, 5) is 0. The second kappa shape index (κ2) is 4.58. The molecule has 1 unspecified atom stereocenters. The van der Waals surface area contributed by atoms with E-state index >= 15 is 0 Å². The van der Waals surface area contributed by atoms with Gasteiger partial charge in [0.2, 0.25) is 0 Å². The summed E-state index contributed by atoms with van der Waals surface area (Å²) in [7, 11) is 0. The molecule has 1 aromatic carbocycles. The molecule has 0 spiro atoms. The Bertz CT molecular complexity index is 252. The fourth-order valence-corrected chi connectivity index (χ4v) is 1.45. The molecule has 0 aromatic heterocycles. The summed E-state index contributed by atoms with van der Waals surface area (Å²) in [6.07, 6.45) is 0.581. The van der Waals surface area contributed by atoms with Crippen LogP contribution < -0.4 is 5.73 Å². The predicted octanol–water partition coefficient (Wildman–Crippen LogP) is 2.29. The van der Waals surface area contributed by atoms with Gasteiger partial charge in [-0.1, -0.05) is 34.1 Å². The summed E-state index contributed by atoms with van der Waals surface area (Å²) < 4.78 is 13.1. The molecular weight excluding hydrogens is 221 g/mol. The van der Waals surface area contributed by atoms with Crippen molar-refractivity contribution < 1.29 is 4.39 Å². The van der Waals surface area contributed by atoms with Gasteiger partial charge in [-0.15, -0.1) is 0 Å². The number of halogens is 2. The van der Waals surface area contributed by atoms with E-state index in [-0.39, 0.29) is 6.04 Å². The summed E-state index contributed by atoms with van der Waals surface area (Å²) in [6.45, 7) is -0.471. The highest BCUT2D eigenvalue weighted by atomic mass is 79.9. The van der Waals surface area contributed by atoms with Crippen molar-refractivity contribution in [1.82, 2.24) is 0 Å². The largest absolute Gasteiger partial charge is 0.325 e. The average Bonchev–Trinajstić information content (AvgIpc) is 2.09. The van der Waals surface area contributed by atoms with E-state index in [4.69, 9.17) is 5.73 Å². The molecule has 0 heterocycles. The first-order valence-corrected chi connectivity index (χ1v) is 4.58. The highest BCUT2D eigenvalue weighted by Crippen LogP contribution is 2.16. The van der Waals surface area contributed by atoms with Crippen molar-refractivity contribution in [3.8, 4) is 0 Å². The zero-order valence-corrected chi connectivity index (χ0v) is 8.22. The van der Waals surface area contributed by atoms with Crippen LogP contribution in [-0.2, 0) is 6.42 Å². The van der Waals surface area contributed by atoms with Crippen LogP contribution in [0.4, 0.5) is 4.39 Å². The van der Waals surface area contributed by atoms with Crippen molar-refractivity contribution in [2.24, 2.45) is 5.73 Å². The Balaban J connectivity index is 2.69. The quantitative estimate of drug-likeness (QED) is 0.850. The Morgan fingerprint density at radius 1 is 1.42 bits per heavy atom. The highest BCUT2D eigenvalue weighted by Gasteiger charge is 2.05. The van der Waals surface area contributed by atoms with Crippen molar-refractivity contribution in [2.45, 2.75) is 12.5 Å². The van der Waals surface area contributed by atoms with Gasteiger partial charge in [0.25, 0.3) is 0 Å². The van der Waals surface area contributed by atoms with Crippen LogP contribution in [0.1, 0.15) is 5.56 Å². The maximum absolute atomic E-state index is 12.1. The van der Waals surface area contributed by atoms with Crippen LogP contribution in [0.2, 0.25) is 0 Å². The molecule has 1 rings (SSSR count). The van der Waals surface area contributed by atoms with Gasteiger partial charge >= 0.3 is 0 Å². The first kappa shape index (κ1) is 9.68. The van der Waals surface area contributed by atoms with E-state index in [1.807, 2.05) is 24.3 Å². The average molecular weight is 232 g/mol. The van der Waals surface area contributed by atoms with Crippen LogP contribution in [0, 0.1) is 0 Å². The van der Waals surface area contributed by atoms with E-state index in [0.717, 1.165) is 10.0 Å². The number of hydrogen-bond acceptors (Lipinski definition) is 1. The Labute approximate surface area is 79.9 Å². The number of rotatable bonds is 3. The lowest BCUT2D eigenvalue weighted by atomic mass is 10.1. The minimum atomic E-state index is -0.471. The molecule has 0 aliphatic carbocycles. The van der Waals surface area contributed by atoms with Crippen LogP contribution >= 0.6 is 15.9 Å². The van der Waals surface area contributed by atoms with Crippen molar-refractivity contribution >= 4 is 15.9 Å². The van der Waals surface area contributed by atoms with Crippen molar-refractivity contribution in [2.75, 3.05) is 6.67 Å². The molecule has 0 aliphatic heterocycles. The van der Waals surface area contributed by atoms with E-state index in [2.05, 4.69) is 15.9 Å². The molecule has 1 nitrogen and oxygen atoms in total. The molecule has 66 valence electrons. The van der Waals surface area contributed by atoms with Crippen LogP contribution in [0.15, 0.2) is 28.7 Å². The summed E-state index contributed by atoms with van der Waals surface area (Å²) in [6, 6.07) is 7.34. The molecule has 1 atom stereocenters. The normalized spacial score (nSPS) is 12.9. The lowest BCUT2D eigenvalue weighted by Crippen LogP contribution is -2.24. The number of hydrogen-bond donors (Lipinski definition) is 1. The number of benzene rings is 1. The van der Waals surface area contributed by atoms with Crippen LogP contribution in [0.5, 0.6) is 0 Å². The van der Waals surface area contributed by atoms with Gasteiger partial charge < -0.3 is 5.73 Å². The minimum Gasteiger partial charge on any atom is -0.325 e. The number of alkyl halides is 1. The molecule has 1 aromatic rings. The third kappa shape index (κ3) is 2.57. The van der Waals surface area contributed by atoms with E-state index in [0.29, 0.717) is 6.42 Å². The minimum absolute atomic E-state index is 0.385. The second-order valence-electron chi connectivity index (χ2n) is 2.71. The molecule has 0 saturated carbocycles. The standard InChI is InChI=1S/C9H11BrFN/c10-9-4-2-1-3-7(9)5-8(12)6-11/h1-4,8H,5-6,12H2. The van der Waals surface area contributed by atoms with Crippen LogP contribution in [0.25, 0.3) is 0 Å². The summed E-state index contributed by atoms with van der Waals surface area (Å²) >= 11 is 3.38. The molecule has 0 radical (unpaired) electrons. The zero-order valence-electron chi connectivity index (χ0n) is 6.63. The Morgan fingerprint density at radius 2 is 2.08 bits per heavy atom. The van der Waals surface area contributed by atoms with Gasteiger partial charge in [-0.25, -0.2) is 4.39 Å². The third-order valence-corrected chi connectivity index (χ3v) is 2.41. The van der Waals surface area contributed by atoms with Crippen LogP contribution in [-0.4, -0.2) is 12.7 Å². The molecule has 2 N–H and O–H groups in total. The fourth-order valence-electron chi connectivity index (χ4n) is 1.00. The maximum Gasteiger partial charge on any atom is 0.105 e. The summed E-state index contributed by atoms with van der Waals surface area (Å²) in [5.74, 6) is 0. The van der Waals surface area contributed by atoms with Crippen molar-refractivity contribution in [3.05, 3.63) is 34.3 Å². The van der Waals surface area contributed by atoms with Gasteiger partial charge in [0, 0.05) is 10.5 Å².